The number of fused-ring (bicyclic) bond motifs is 1. The number of carbonyl (C=O) groups is 2. The van der Waals surface area contributed by atoms with Crippen LogP contribution in [0.5, 0.6) is 0 Å². The highest BCUT2D eigenvalue weighted by Gasteiger charge is 2.24. The van der Waals surface area contributed by atoms with Crippen LogP contribution in [-0.2, 0) is 17.6 Å². The van der Waals surface area contributed by atoms with Crippen molar-refractivity contribution in [2.45, 2.75) is 39.0 Å². The zero-order chi connectivity index (χ0) is 20.3. The molecule has 0 fully saturated rings. The second-order valence-electron chi connectivity index (χ2n) is 6.76. The number of hydrogen-bond acceptors (Lipinski definition) is 3. The molecule has 0 spiro atoms. The smallest absolute Gasteiger partial charge is 0.264 e. The molecular weight excluding hydrogens is 389 g/mol. The van der Waals surface area contributed by atoms with E-state index in [0.717, 1.165) is 37.8 Å². The SMILES string of the molecule is CCCN(CC(=O)Nc1ccc(F)c(F)c1F)C(=O)c1cc2c(s1)CCCC2. The maximum atomic E-state index is 13.8. The molecule has 3 rings (SSSR count). The standard InChI is InChI=1S/C20H21F3N2O2S/c1-2-9-25(20(27)16-10-12-5-3-4-6-15(12)28-16)11-17(26)24-14-8-7-13(21)18(22)19(14)23/h7-8,10H,2-6,9,11H2,1H3,(H,24,26). The average molecular weight is 410 g/mol. The first-order valence-corrected chi connectivity index (χ1v) is 10.1. The van der Waals surface area contributed by atoms with Gasteiger partial charge in [-0.25, -0.2) is 13.2 Å². The Bertz CT molecular complexity index is 874. The topological polar surface area (TPSA) is 49.4 Å². The molecular formula is C20H21F3N2O2S. The predicted octanol–water partition coefficient (Wildman–Crippen LogP) is 4.54. The molecule has 0 bridgehead atoms. The number of hydrogen-bond donors (Lipinski definition) is 1. The third-order valence-electron chi connectivity index (χ3n) is 4.63. The van der Waals surface area contributed by atoms with Crippen molar-refractivity contribution in [2.24, 2.45) is 0 Å². The van der Waals surface area contributed by atoms with Gasteiger partial charge in [-0.3, -0.25) is 9.59 Å². The Hall–Kier alpha value is -2.35. The average Bonchev–Trinajstić information content (AvgIpc) is 3.12. The van der Waals surface area contributed by atoms with Crippen molar-refractivity contribution in [3.05, 3.63) is 51.0 Å². The molecule has 4 nitrogen and oxygen atoms in total. The maximum Gasteiger partial charge on any atom is 0.264 e. The molecule has 150 valence electrons. The molecule has 8 heteroatoms. The van der Waals surface area contributed by atoms with Gasteiger partial charge in [0.25, 0.3) is 5.91 Å². The van der Waals surface area contributed by atoms with Gasteiger partial charge < -0.3 is 10.2 Å². The van der Waals surface area contributed by atoms with Crippen molar-refractivity contribution >= 4 is 28.8 Å². The Labute approximate surface area is 165 Å². The second-order valence-corrected chi connectivity index (χ2v) is 7.90. The van der Waals surface area contributed by atoms with E-state index in [4.69, 9.17) is 0 Å². The third kappa shape index (κ3) is 4.38. The Kier molecular flexibility index (Phi) is 6.39. The Morgan fingerprint density at radius 1 is 1.14 bits per heavy atom. The van der Waals surface area contributed by atoms with Gasteiger partial charge in [0.2, 0.25) is 5.91 Å². The summed E-state index contributed by atoms with van der Waals surface area (Å²) in [5.41, 5.74) is 0.740. The summed E-state index contributed by atoms with van der Waals surface area (Å²) in [7, 11) is 0. The van der Waals surface area contributed by atoms with E-state index in [0.29, 0.717) is 17.8 Å². The van der Waals surface area contributed by atoms with Crippen LogP contribution in [0.15, 0.2) is 18.2 Å². The lowest BCUT2D eigenvalue weighted by atomic mass is 9.99. The zero-order valence-electron chi connectivity index (χ0n) is 15.5. The molecule has 0 atom stereocenters. The van der Waals surface area contributed by atoms with Gasteiger partial charge in [0.1, 0.15) is 6.54 Å². The Balaban J connectivity index is 1.71. The summed E-state index contributed by atoms with van der Waals surface area (Å²) in [6.07, 6.45) is 4.80. The van der Waals surface area contributed by atoms with E-state index >= 15 is 0 Å². The van der Waals surface area contributed by atoms with E-state index in [9.17, 15) is 22.8 Å². The van der Waals surface area contributed by atoms with Gasteiger partial charge in [-0.15, -0.1) is 11.3 Å². The first kappa shape index (κ1) is 20.4. The summed E-state index contributed by atoms with van der Waals surface area (Å²) in [5, 5.41) is 2.21. The highest BCUT2D eigenvalue weighted by atomic mass is 32.1. The van der Waals surface area contributed by atoms with Crippen LogP contribution in [0.4, 0.5) is 18.9 Å². The monoisotopic (exact) mass is 410 g/mol. The van der Waals surface area contributed by atoms with E-state index in [-0.39, 0.29) is 12.5 Å². The quantitative estimate of drug-likeness (QED) is 0.711. The number of nitrogens with one attached hydrogen (secondary N) is 1. The number of aryl methyl sites for hydroxylation is 2. The van der Waals surface area contributed by atoms with Crippen LogP contribution in [0, 0.1) is 17.5 Å². The summed E-state index contributed by atoms with van der Waals surface area (Å²) < 4.78 is 40.1. The summed E-state index contributed by atoms with van der Waals surface area (Å²) >= 11 is 1.46. The first-order valence-electron chi connectivity index (χ1n) is 9.25. The van der Waals surface area contributed by atoms with E-state index in [2.05, 4.69) is 5.32 Å². The highest BCUT2D eigenvalue weighted by molar-refractivity contribution is 7.14. The lowest BCUT2D eigenvalue weighted by Gasteiger charge is -2.21. The van der Waals surface area contributed by atoms with Crippen molar-refractivity contribution in [3.63, 3.8) is 0 Å². The number of rotatable bonds is 6. The van der Waals surface area contributed by atoms with Gasteiger partial charge in [0.05, 0.1) is 10.6 Å². The van der Waals surface area contributed by atoms with Crippen LogP contribution in [-0.4, -0.2) is 29.8 Å². The largest absolute Gasteiger partial charge is 0.329 e. The van der Waals surface area contributed by atoms with Crippen LogP contribution >= 0.6 is 11.3 Å². The van der Waals surface area contributed by atoms with E-state index < -0.39 is 29.0 Å². The van der Waals surface area contributed by atoms with Crippen molar-refractivity contribution in [1.29, 1.82) is 0 Å². The maximum absolute atomic E-state index is 13.8. The molecule has 2 amide bonds. The van der Waals surface area contributed by atoms with Crippen LogP contribution in [0.1, 0.15) is 46.3 Å². The fourth-order valence-corrected chi connectivity index (χ4v) is 4.48. The number of anilines is 1. The third-order valence-corrected chi connectivity index (χ3v) is 5.86. The van der Waals surface area contributed by atoms with E-state index in [1.807, 2.05) is 13.0 Å². The fraction of sp³-hybridized carbons (Fsp3) is 0.400. The number of thiophene rings is 1. The minimum Gasteiger partial charge on any atom is -0.329 e. The van der Waals surface area contributed by atoms with Crippen LogP contribution in [0.2, 0.25) is 0 Å². The summed E-state index contributed by atoms with van der Waals surface area (Å²) in [6.45, 7) is 1.94. The van der Waals surface area contributed by atoms with Crippen LogP contribution < -0.4 is 5.32 Å². The molecule has 28 heavy (non-hydrogen) atoms. The lowest BCUT2D eigenvalue weighted by Crippen LogP contribution is -2.38. The van der Waals surface area contributed by atoms with Crippen molar-refractivity contribution in [2.75, 3.05) is 18.4 Å². The molecule has 1 heterocycles. The number of carbonyl (C=O) groups excluding carboxylic acids is 2. The number of nitrogens with zero attached hydrogens (tertiary/aromatic N) is 1. The van der Waals surface area contributed by atoms with Crippen LogP contribution in [0.3, 0.4) is 0 Å². The molecule has 1 N–H and O–H groups in total. The molecule has 1 aromatic carbocycles. The van der Waals surface area contributed by atoms with Gasteiger partial charge >= 0.3 is 0 Å². The summed E-state index contributed by atoms with van der Waals surface area (Å²) in [5.74, 6) is -5.37. The molecule has 0 saturated heterocycles. The van der Waals surface area contributed by atoms with Gasteiger partial charge in [-0.1, -0.05) is 6.92 Å². The molecule has 1 aliphatic rings. The van der Waals surface area contributed by atoms with Gasteiger partial charge in [0, 0.05) is 11.4 Å². The lowest BCUT2D eigenvalue weighted by molar-refractivity contribution is -0.116. The second kappa shape index (κ2) is 8.77. The predicted molar refractivity (Wildman–Crippen MR) is 102 cm³/mol. The molecule has 0 saturated carbocycles. The Morgan fingerprint density at radius 2 is 1.89 bits per heavy atom. The molecule has 0 aliphatic heterocycles. The van der Waals surface area contributed by atoms with E-state index in [1.165, 1.54) is 26.7 Å². The Morgan fingerprint density at radius 3 is 2.61 bits per heavy atom. The number of amides is 2. The zero-order valence-corrected chi connectivity index (χ0v) is 16.3. The molecule has 0 unspecified atom stereocenters. The van der Waals surface area contributed by atoms with Crippen molar-refractivity contribution in [3.8, 4) is 0 Å². The summed E-state index contributed by atoms with van der Waals surface area (Å²) in [6, 6.07) is 3.58. The van der Waals surface area contributed by atoms with Crippen molar-refractivity contribution < 1.29 is 22.8 Å². The van der Waals surface area contributed by atoms with Gasteiger partial charge in [-0.05, 0) is 55.9 Å². The van der Waals surface area contributed by atoms with Crippen molar-refractivity contribution in [1.82, 2.24) is 4.90 Å². The number of benzene rings is 1. The molecule has 1 aromatic heterocycles. The highest BCUT2D eigenvalue weighted by Crippen LogP contribution is 2.30. The number of halogens is 3. The molecule has 0 radical (unpaired) electrons. The fourth-order valence-electron chi connectivity index (χ4n) is 3.26. The summed E-state index contributed by atoms with van der Waals surface area (Å²) in [4.78, 5) is 28.4. The van der Waals surface area contributed by atoms with Gasteiger partial charge in [0.15, 0.2) is 17.5 Å². The molecule has 2 aromatic rings. The minimum absolute atomic E-state index is 0.248. The first-order chi connectivity index (χ1) is 13.4. The normalized spacial score (nSPS) is 13.1. The van der Waals surface area contributed by atoms with E-state index in [1.54, 1.807) is 0 Å². The molecule has 1 aliphatic carbocycles. The van der Waals surface area contributed by atoms with Gasteiger partial charge in [-0.2, -0.15) is 0 Å². The van der Waals surface area contributed by atoms with Crippen LogP contribution in [0.25, 0.3) is 0 Å². The minimum atomic E-state index is -1.65.